The lowest BCUT2D eigenvalue weighted by atomic mass is 10.0. The van der Waals surface area contributed by atoms with Gasteiger partial charge in [-0.25, -0.2) is 0 Å². The van der Waals surface area contributed by atoms with Crippen LogP contribution in [0.25, 0.3) is 0 Å². The van der Waals surface area contributed by atoms with Crippen LogP contribution in [0.4, 0.5) is 0 Å². The first-order valence-corrected chi connectivity index (χ1v) is 8.67. The molecular formula is C17H21ClN4O2. The van der Waals surface area contributed by atoms with Gasteiger partial charge in [0.25, 0.3) is 0 Å². The summed E-state index contributed by atoms with van der Waals surface area (Å²) in [6.07, 6.45) is 6.54. The number of aromatic nitrogens is 3. The van der Waals surface area contributed by atoms with Gasteiger partial charge in [0.2, 0.25) is 5.91 Å². The Labute approximate surface area is 145 Å². The first-order valence-electron chi connectivity index (χ1n) is 8.29. The molecule has 1 aliphatic rings. The van der Waals surface area contributed by atoms with E-state index in [1.165, 1.54) is 0 Å². The van der Waals surface area contributed by atoms with Crippen LogP contribution < -0.4 is 10.1 Å². The molecule has 0 spiro atoms. The smallest absolute Gasteiger partial charge is 0.220 e. The van der Waals surface area contributed by atoms with Crippen molar-refractivity contribution < 1.29 is 9.53 Å². The molecule has 2 heterocycles. The van der Waals surface area contributed by atoms with E-state index >= 15 is 0 Å². The van der Waals surface area contributed by atoms with Crippen LogP contribution in [0.1, 0.15) is 49.4 Å². The van der Waals surface area contributed by atoms with Crippen molar-refractivity contribution in [1.29, 1.82) is 0 Å². The summed E-state index contributed by atoms with van der Waals surface area (Å²) in [6, 6.07) is 5.65. The maximum Gasteiger partial charge on any atom is 0.220 e. The van der Waals surface area contributed by atoms with Crippen LogP contribution >= 0.6 is 11.6 Å². The SMILES string of the molecule is O=C(CCCCc1cn[nH]n1)NC1CCCOc2c(Cl)cccc21. The van der Waals surface area contributed by atoms with Crippen molar-refractivity contribution in [3.8, 4) is 5.75 Å². The summed E-state index contributed by atoms with van der Waals surface area (Å²) in [6.45, 7) is 0.626. The number of aryl methyl sites for hydroxylation is 1. The molecule has 0 saturated heterocycles. The van der Waals surface area contributed by atoms with Crippen molar-refractivity contribution in [1.82, 2.24) is 20.7 Å². The van der Waals surface area contributed by atoms with E-state index in [4.69, 9.17) is 16.3 Å². The van der Waals surface area contributed by atoms with Crippen LogP contribution in [0.3, 0.4) is 0 Å². The van der Waals surface area contributed by atoms with E-state index in [1.54, 1.807) is 6.20 Å². The number of carbonyl (C=O) groups is 1. The Morgan fingerprint density at radius 2 is 2.33 bits per heavy atom. The highest BCUT2D eigenvalue weighted by molar-refractivity contribution is 6.32. The number of unbranched alkanes of at least 4 members (excludes halogenated alkanes) is 1. The molecular weight excluding hydrogens is 328 g/mol. The predicted octanol–water partition coefficient (Wildman–Crippen LogP) is 3.20. The molecule has 0 fully saturated rings. The summed E-state index contributed by atoms with van der Waals surface area (Å²) in [5.74, 6) is 0.765. The lowest BCUT2D eigenvalue weighted by Gasteiger charge is -2.19. The van der Waals surface area contributed by atoms with Crippen molar-refractivity contribution in [3.63, 3.8) is 0 Å². The number of amides is 1. The van der Waals surface area contributed by atoms with Gasteiger partial charge in [0.15, 0.2) is 0 Å². The number of para-hydroxylation sites is 1. The van der Waals surface area contributed by atoms with Gasteiger partial charge in [0.05, 0.1) is 29.6 Å². The summed E-state index contributed by atoms with van der Waals surface area (Å²) in [5.41, 5.74) is 1.90. The van der Waals surface area contributed by atoms with E-state index in [2.05, 4.69) is 20.7 Å². The fourth-order valence-electron chi connectivity index (χ4n) is 2.92. The molecule has 2 N–H and O–H groups in total. The third-order valence-corrected chi connectivity index (χ3v) is 4.44. The van der Waals surface area contributed by atoms with E-state index in [1.807, 2.05) is 18.2 Å². The van der Waals surface area contributed by atoms with Gasteiger partial charge in [-0.15, -0.1) is 0 Å². The highest BCUT2D eigenvalue weighted by atomic mass is 35.5. The number of nitrogens with one attached hydrogen (secondary N) is 2. The van der Waals surface area contributed by atoms with Gasteiger partial charge < -0.3 is 10.1 Å². The minimum atomic E-state index is -0.0377. The number of H-pyrrole nitrogens is 1. The Morgan fingerprint density at radius 1 is 1.42 bits per heavy atom. The average Bonchev–Trinajstić information content (AvgIpc) is 3.01. The normalized spacial score (nSPS) is 16.8. The van der Waals surface area contributed by atoms with E-state index in [-0.39, 0.29) is 11.9 Å². The third kappa shape index (κ3) is 4.26. The standard InChI is InChI=1S/C17H21ClN4O2/c18-14-7-3-6-13-15(8-4-10-24-17(13)14)20-16(23)9-2-1-5-12-11-19-22-21-12/h3,6-7,11,15H,1-2,4-5,8-10H2,(H,20,23)(H,19,21,22). The quantitative estimate of drug-likeness (QED) is 0.785. The summed E-state index contributed by atoms with van der Waals surface area (Å²) in [5, 5.41) is 14.1. The van der Waals surface area contributed by atoms with Crippen molar-refractivity contribution in [2.75, 3.05) is 6.61 Å². The van der Waals surface area contributed by atoms with Gasteiger partial charge in [-0.1, -0.05) is 23.7 Å². The molecule has 0 radical (unpaired) electrons. The molecule has 1 unspecified atom stereocenters. The van der Waals surface area contributed by atoms with Crippen molar-refractivity contribution in [3.05, 3.63) is 40.7 Å². The monoisotopic (exact) mass is 348 g/mol. The number of hydrogen-bond donors (Lipinski definition) is 2. The van der Waals surface area contributed by atoms with Crippen LogP contribution in [-0.2, 0) is 11.2 Å². The molecule has 2 aromatic rings. The van der Waals surface area contributed by atoms with Crippen LogP contribution in [0.15, 0.2) is 24.4 Å². The van der Waals surface area contributed by atoms with Gasteiger partial charge in [-0.2, -0.15) is 15.4 Å². The lowest BCUT2D eigenvalue weighted by molar-refractivity contribution is -0.122. The number of fused-ring (bicyclic) bond motifs is 1. The molecule has 128 valence electrons. The molecule has 1 aromatic heterocycles. The fraction of sp³-hybridized carbons (Fsp3) is 0.471. The van der Waals surface area contributed by atoms with Gasteiger partial charge >= 0.3 is 0 Å². The number of halogens is 1. The zero-order valence-electron chi connectivity index (χ0n) is 13.4. The molecule has 0 aliphatic carbocycles. The van der Waals surface area contributed by atoms with Crippen molar-refractivity contribution in [2.45, 2.75) is 44.6 Å². The molecule has 0 saturated carbocycles. The Hall–Kier alpha value is -2.08. The minimum absolute atomic E-state index is 0.0377. The second-order valence-corrected chi connectivity index (χ2v) is 6.34. The summed E-state index contributed by atoms with van der Waals surface area (Å²) >= 11 is 6.22. The van der Waals surface area contributed by atoms with Crippen LogP contribution in [-0.4, -0.2) is 27.9 Å². The van der Waals surface area contributed by atoms with E-state index in [9.17, 15) is 4.79 Å². The lowest BCUT2D eigenvalue weighted by Crippen LogP contribution is -2.28. The number of hydrogen-bond acceptors (Lipinski definition) is 4. The highest BCUT2D eigenvalue weighted by Crippen LogP contribution is 2.36. The Bertz CT molecular complexity index is 675. The highest BCUT2D eigenvalue weighted by Gasteiger charge is 2.22. The van der Waals surface area contributed by atoms with E-state index in [0.717, 1.165) is 43.4 Å². The number of carbonyl (C=O) groups excluding carboxylic acids is 1. The van der Waals surface area contributed by atoms with Gasteiger partial charge in [0.1, 0.15) is 5.75 Å². The number of nitrogens with zero attached hydrogens (tertiary/aromatic N) is 2. The van der Waals surface area contributed by atoms with Crippen molar-refractivity contribution >= 4 is 17.5 Å². The molecule has 1 atom stereocenters. The number of aromatic amines is 1. The Balaban J connectivity index is 1.51. The van der Waals surface area contributed by atoms with Crippen LogP contribution in [0.5, 0.6) is 5.75 Å². The van der Waals surface area contributed by atoms with Crippen molar-refractivity contribution in [2.24, 2.45) is 0 Å². The maximum atomic E-state index is 12.3. The molecule has 1 aromatic carbocycles. The molecule has 24 heavy (non-hydrogen) atoms. The minimum Gasteiger partial charge on any atom is -0.492 e. The van der Waals surface area contributed by atoms with E-state index < -0.39 is 0 Å². The predicted molar refractivity (Wildman–Crippen MR) is 91.0 cm³/mol. The first kappa shape index (κ1) is 16.8. The zero-order valence-corrected chi connectivity index (χ0v) is 14.2. The topological polar surface area (TPSA) is 79.9 Å². The van der Waals surface area contributed by atoms with Gasteiger partial charge in [0, 0.05) is 12.0 Å². The Kier molecular flexibility index (Phi) is 5.69. The van der Waals surface area contributed by atoms with Gasteiger partial charge in [-0.05, 0) is 38.2 Å². The summed E-state index contributed by atoms with van der Waals surface area (Å²) < 4.78 is 5.73. The van der Waals surface area contributed by atoms with Crippen LogP contribution in [0, 0.1) is 0 Å². The fourth-order valence-corrected chi connectivity index (χ4v) is 3.16. The molecule has 7 heteroatoms. The first-order chi connectivity index (χ1) is 11.7. The summed E-state index contributed by atoms with van der Waals surface area (Å²) in [4.78, 5) is 12.3. The van der Waals surface area contributed by atoms with Crippen LogP contribution in [0.2, 0.25) is 5.02 Å². The number of ether oxygens (including phenoxy) is 1. The molecule has 1 aliphatic heterocycles. The number of benzene rings is 1. The average molecular weight is 349 g/mol. The maximum absolute atomic E-state index is 12.3. The number of rotatable bonds is 6. The third-order valence-electron chi connectivity index (χ3n) is 4.14. The van der Waals surface area contributed by atoms with Gasteiger partial charge in [-0.3, -0.25) is 4.79 Å². The second-order valence-electron chi connectivity index (χ2n) is 5.94. The molecule has 0 bridgehead atoms. The largest absolute Gasteiger partial charge is 0.492 e. The Morgan fingerprint density at radius 3 is 3.17 bits per heavy atom. The zero-order chi connectivity index (χ0) is 16.8. The molecule has 3 rings (SSSR count). The molecule has 6 nitrogen and oxygen atoms in total. The molecule has 1 amide bonds. The second kappa shape index (κ2) is 8.15. The summed E-state index contributed by atoms with van der Waals surface area (Å²) in [7, 11) is 0. The van der Waals surface area contributed by atoms with E-state index in [0.29, 0.717) is 23.8 Å².